The summed E-state index contributed by atoms with van der Waals surface area (Å²) in [7, 11) is 4.07. The molecule has 2 nitrogen and oxygen atoms in total. The molecule has 1 N–H and O–H groups in total. The smallest absolute Gasteiger partial charge is 0.123 e. The van der Waals surface area contributed by atoms with Crippen LogP contribution in [0.4, 0.5) is 4.39 Å². The summed E-state index contributed by atoms with van der Waals surface area (Å²) in [5.41, 5.74) is 2.09. The highest BCUT2D eigenvalue weighted by atomic mass is 35.5. The Morgan fingerprint density at radius 3 is 2.44 bits per heavy atom. The Hall–Kier alpha value is -1.68. The first-order valence-electron chi connectivity index (χ1n) is 9.45. The van der Waals surface area contributed by atoms with Crippen molar-refractivity contribution < 1.29 is 9.50 Å². The first kappa shape index (κ1) is 20.1. The van der Waals surface area contributed by atoms with Crippen LogP contribution in [0.15, 0.2) is 54.1 Å². The second-order valence-corrected chi connectivity index (χ2v) is 8.24. The molecular weight excluding hydrogens is 361 g/mol. The quantitative estimate of drug-likeness (QED) is 0.762. The standard InChI is InChI=1S/C23H27ClFNO/c1-26(2)16-20-5-3-4-19(14-17-6-10-21(24)11-7-17)23(20,27)15-18-8-12-22(25)13-9-18/h6-14,20,27H,3-5,15-16H2,1-2H3/b19-14-. The van der Waals surface area contributed by atoms with Gasteiger partial charge in [0.1, 0.15) is 5.82 Å². The Morgan fingerprint density at radius 1 is 1.15 bits per heavy atom. The average Bonchev–Trinajstić information content (AvgIpc) is 2.62. The minimum atomic E-state index is -0.944. The van der Waals surface area contributed by atoms with E-state index in [0.717, 1.165) is 42.5 Å². The molecule has 0 aliphatic heterocycles. The van der Waals surface area contributed by atoms with E-state index in [1.165, 1.54) is 12.1 Å². The van der Waals surface area contributed by atoms with Crippen LogP contribution in [-0.2, 0) is 6.42 Å². The molecule has 27 heavy (non-hydrogen) atoms. The van der Waals surface area contributed by atoms with E-state index in [4.69, 9.17) is 11.6 Å². The molecule has 0 saturated heterocycles. The van der Waals surface area contributed by atoms with Crippen molar-refractivity contribution in [1.29, 1.82) is 0 Å². The Labute approximate surface area is 166 Å². The van der Waals surface area contributed by atoms with E-state index in [0.29, 0.717) is 11.4 Å². The van der Waals surface area contributed by atoms with Gasteiger partial charge in [-0.05, 0) is 74.3 Å². The van der Waals surface area contributed by atoms with Crippen molar-refractivity contribution in [2.75, 3.05) is 20.6 Å². The zero-order valence-electron chi connectivity index (χ0n) is 16.0. The monoisotopic (exact) mass is 387 g/mol. The molecule has 1 aliphatic carbocycles. The van der Waals surface area contributed by atoms with Crippen molar-refractivity contribution in [1.82, 2.24) is 4.90 Å². The summed E-state index contributed by atoms with van der Waals surface area (Å²) in [5, 5.41) is 12.6. The lowest BCUT2D eigenvalue weighted by molar-refractivity contribution is -0.0123. The van der Waals surface area contributed by atoms with E-state index in [1.54, 1.807) is 12.1 Å². The summed E-state index contributed by atoms with van der Waals surface area (Å²) in [6.07, 6.45) is 5.49. The Balaban J connectivity index is 1.97. The molecule has 0 aromatic heterocycles. The molecule has 144 valence electrons. The van der Waals surface area contributed by atoms with Crippen LogP contribution in [0.2, 0.25) is 5.02 Å². The zero-order chi connectivity index (χ0) is 19.4. The molecule has 0 amide bonds. The minimum Gasteiger partial charge on any atom is -0.385 e. The van der Waals surface area contributed by atoms with Crippen LogP contribution >= 0.6 is 11.6 Å². The van der Waals surface area contributed by atoms with Gasteiger partial charge in [0.25, 0.3) is 0 Å². The van der Waals surface area contributed by atoms with Crippen LogP contribution in [0.25, 0.3) is 6.08 Å². The highest BCUT2D eigenvalue weighted by Crippen LogP contribution is 2.41. The largest absolute Gasteiger partial charge is 0.385 e. The third kappa shape index (κ3) is 4.98. The topological polar surface area (TPSA) is 23.5 Å². The van der Waals surface area contributed by atoms with Gasteiger partial charge in [-0.1, -0.05) is 41.9 Å². The van der Waals surface area contributed by atoms with E-state index >= 15 is 0 Å². The highest BCUT2D eigenvalue weighted by molar-refractivity contribution is 6.30. The maximum absolute atomic E-state index is 13.3. The van der Waals surface area contributed by atoms with E-state index < -0.39 is 5.60 Å². The highest BCUT2D eigenvalue weighted by Gasteiger charge is 2.42. The molecule has 2 aromatic carbocycles. The van der Waals surface area contributed by atoms with Crippen molar-refractivity contribution in [3.63, 3.8) is 0 Å². The van der Waals surface area contributed by atoms with Crippen molar-refractivity contribution >= 4 is 17.7 Å². The molecule has 4 heteroatoms. The molecule has 2 aromatic rings. The van der Waals surface area contributed by atoms with Gasteiger partial charge in [0.05, 0.1) is 5.60 Å². The molecule has 2 unspecified atom stereocenters. The van der Waals surface area contributed by atoms with Crippen LogP contribution in [0.1, 0.15) is 30.4 Å². The lowest BCUT2D eigenvalue weighted by Gasteiger charge is -2.43. The molecule has 0 spiro atoms. The molecular formula is C23H27ClFNO. The van der Waals surface area contributed by atoms with Gasteiger partial charge in [-0.25, -0.2) is 4.39 Å². The number of hydrogen-bond acceptors (Lipinski definition) is 2. The number of benzene rings is 2. The molecule has 3 rings (SSSR count). The molecule has 0 radical (unpaired) electrons. The summed E-state index contributed by atoms with van der Waals surface area (Å²) in [4.78, 5) is 2.13. The van der Waals surface area contributed by atoms with Crippen molar-refractivity contribution in [2.45, 2.75) is 31.3 Å². The zero-order valence-corrected chi connectivity index (χ0v) is 16.7. The minimum absolute atomic E-state index is 0.129. The molecule has 1 saturated carbocycles. The number of halogens is 2. The Bertz CT molecular complexity index is 785. The van der Waals surface area contributed by atoms with Crippen molar-refractivity contribution in [3.8, 4) is 0 Å². The predicted molar refractivity (Wildman–Crippen MR) is 110 cm³/mol. The third-order valence-corrected chi connectivity index (χ3v) is 5.67. The van der Waals surface area contributed by atoms with Crippen LogP contribution in [0.5, 0.6) is 0 Å². The molecule has 1 aliphatic rings. The van der Waals surface area contributed by atoms with Gasteiger partial charge in [0.2, 0.25) is 0 Å². The Morgan fingerprint density at radius 2 is 1.81 bits per heavy atom. The lowest BCUT2D eigenvalue weighted by Crippen LogP contribution is -2.48. The second-order valence-electron chi connectivity index (χ2n) is 7.80. The first-order chi connectivity index (χ1) is 12.9. The molecule has 0 heterocycles. The van der Waals surface area contributed by atoms with E-state index in [-0.39, 0.29) is 11.7 Å². The van der Waals surface area contributed by atoms with Crippen molar-refractivity contribution in [3.05, 3.63) is 76.1 Å². The summed E-state index contributed by atoms with van der Waals surface area (Å²) < 4.78 is 13.3. The van der Waals surface area contributed by atoms with Crippen LogP contribution in [-0.4, -0.2) is 36.2 Å². The maximum Gasteiger partial charge on any atom is 0.123 e. The van der Waals surface area contributed by atoms with Gasteiger partial charge in [-0.15, -0.1) is 0 Å². The molecule has 0 bridgehead atoms. The van der Waals surface area contributed by atoms with E-state index in [9.17, 15) is 9.50 Å². The fourth-order valence-electron chi connectivity index (χ4n) is 4.07. The van der Waals surface area contributed by atoms with Gasteiger partial charge in [-0.3, -0.25) is 0 Å². The van der Waals surface area contributed by atoms with Crippen LogP contribution in [0.3, 0.4) is 0 Å². The third-order valence-electron chi connectivity index (χ3n) is 5.41. The first-order valence-corrected chi connectivity index (χ1v) is 9.83. The van der Waals surface area contributed by atoms with Gasteiger partial charge < -0.3 is 10.0 Å². The van der Waals surface area contributed by atoms with Gasteiger partial charge in [0, 0.05) is 23.9 Å². The van der Waals surface area contributed by atoms with Crippen LogP contribution < -0.4 is 0 Å². The predicted octanol–water partition coefficient (Wildman–Crippen LogP) is 5.20. The van der Waals surface area contributed by atoms with Gasteiger partial charge in [0.15, 0.2) is 0 Å². The number of rotatable bonds is 5. The fourth-order valence-corrected chi connectivity index (χ4v) is 4.19. The van der Waals surface area contributed by atoms with Gasteiger partial charge in [-0.2, -0.15) is 0 Å². The SMILES string of the molecule is CN(C)CC1CCC/C(=C/c2ccc(Cl)cc2)C1(O)Cc1ccc(F)cc1. The normalized spacial score (nSPS) is 24.5. The number of aliphatic hydroxyl groups is 1. The van der Waals surface area contributed by atoms with Gasteiger partial charge >= 0.3 is 0 Å². The average molecular weight is 388 g/mol. The molecule has 2 atom stereocenters. The number of nitrogens with zero attached hydrogens (tertiary/aromatic N) is 1. The summed E-state index contributed by atoms with van der Waals surface area (Å²) in [6.45, 7) is 0.815. The fraction of sp³-hybridized carbons (Fsp3) is 0.391. The summed E-state index contributed by atoms with van der Waals surface area (Å²) in [6, 6.07) is 14.2. The lowest BCUT2D eigenvalue weighted by atomic mass is 9.68. The number of hydrogen-bond donors (Lipinski definition) is 1. The maximum atomic E-state index is 13.3. The van der Waals surface area contributed by atoms with Crippen LogP contribution in [0, 0.1) is 11.7 Å². The summed E-state index contributed by atoms with van der Waals surface area (Å²) >= 11 is 6.00. The van der Waals surface area contributed by atoms with E-state index in [2.05, 4.69) is 11.0 Å². The molecule has 1 fully saturated rings. The Kier molecular flexibility index (Phi) is 6.36. The van der Waals surface area contributed by atoms with Crippen molar-refractivity contribution in [2.24, 2.45) is 5.92 Å². The second kappa shape index (κ2) is 8.55. The van der Waals surface area contributed by atoms with E-state index in [1.807, 2.05) is 38.4 Å². The summed E-state index contributed by atoms with van der Waals surface area (Å²) in [5.74, 6) is -0.124.